The summed E-state index contributed by atoms with van der Waals surface area (Å²) in [6.07, 6.45) is 4.51. The molecular formula is C15H14IN. The fourth-order valence-corrected chi connectivity index (χ4v) is 3.17. The van der Waals surface area contributed by atoms with Crippen LogP contribution in [0.1, 0.15) is 11.3 Å². The maximum Gasteiger partial charge on any atom is 0.0409 e. The largest absolute Gasteiger partial charge is 0.347 e. The van der Waals surface area contributed by atoms with Crippen LogP contribution < -0.4 is 0 Å². The smallest absolute Gasteiger partial charge is 0.0409 e. The van der Waals surface area contributed by atoms with E-state index < -0.39 is 0 Å². The van der Waals surface area contributed by atoms with Gasteiger partial charge in [-0.15, -0.1) is 0 Å². The van der Waals surface area contributed by atoms with Gasteiger partial charge >= 0.3 is 0 Å². The number of rotatable bonds is 2. The van der Waals surface area contributed by atoms with Crippen molar-refractivity contribution in [2.24, 2.45) is 5.92 Å². The third-order valence-electron chi connectivity index (χ3n) is 3.32. The molecule has 1 aromatic heterocycles. The highest BCUT2D eigenvalue weighted by Gasteiger charge is 2.20. The lowest BCUT2D eigenvalue weighted by atomic mass is 9.91. The Morgan fingerprint density at radius 1 is 1.12 bits per heavy atom. The topological polar surface area (TPSA) is 4.93 Å². The van der Waals surface area contributed by atoms with Crippen LogP contribution in [0.3, 0.4) is 0 Å². The summed E-state index contributed by atoms with van der Waals surface area (Å²) in [5.41, 5.74) is 4.16. The van der Waals surface area contributed by atoms with Crippen LogP contribution in [-0.2, 0) is 6.54 Å². The second-order valence-corrected chi connectivity index (χ2v) is 5.28. The second kappa shape index (κ2) is 4.69. The lowest BCUT2D eigenvalue weighted by Gasteiger charge is -2.25. The van der Waals surface area contributed by atoms with Gasteiger partial charge in [-0.25, -0.2) is 0 Å². The summed E-state index contributed by atoms with van der Waals surface area (Å²) in [4.78, 5) is 0. The van der Waals surface area contributed by atoms with Gasteiger partial charge in [0.15, 0.2) is 0 Å². The molecule has 0 radical (unpaired) electrons. The molecule has 0 fully saturated rings. The molecule has 3 rings (SSSR count). The molecule has 1 nitrogen and oxygen atoms in total. The molecule has 1 unspecified atom stereocenters. The second-order valence-electron chi connectivity index (χ2n) is 4.40. The van der Waals surface area contributed by atoms with Crippen LogP contribution in [0.4, 0.5) is 0 Å². The average Bonchev–Trinajstić information content (AvgIpc) is 2.85. The van der Waals surface area contributed by atoms with Crippen molar-refractivity contribution in [3.63, 3.8) is 0 Å². The average molecular weight is 335 g/mol. The Morgan fingerprint density at radius 3 is 2.71 bits per heavy atom. The van der Waals surface area contributed by atoms with E-state index in [0.29, 0.717) is 5.92 Å². The van der Waals surface area contributed by atoms with E-state index in [-0.39, 0.29) is 0 Å². The Kier molecular flexibility index (Phi) is 3.05. The summed E-state index contributed by atoms with van der Waals surface area (Å²) in [5.74, 6) is 0.623. The zero-order chi connectivity index (χ0) is 11.7. The minimum atomic E-state index is 0.623. The lowest BCUT2D eigenvalue weighted by molar-refractivity contribution is 0.585. The van der Waals surface area contributed by atoms with E-state index in [1.54, 1.807) is 0 Å². The monoisotopic (exact) mass is 335 g/mol. The van der Waals surface area contributed by atoms with Gasteiger partial charge in [0.2, 0.25) is 0 Å². The van der Waals surface area contributed by atoms with Crippen LogP contribution in [0.2, 0.25) is 0 Å². The van der Waals surface area contributed by atoms with E-state index >= 15 is 0 Å². The maximum absolute atomic E-state index is 2.49. The van der Waals surface area contributed by atoms with E-state index in [2.05, 4.69) is 81.9 Å². The predicted molar refractivity (Wildman–Crippen MR) is 81.1 cm³/mol. The first-order chi connectivity index (χ1) is 8.38. The van der Waals surface area contributed by atoms with Gasteiger partial charge in [-0.3, -0.25) is 0 Å². The standard InChI is InChI=1S/C15H14IN/c16-10-13-11-17-8-4-7-14(17)9-15(13)12-5-2-1-3-6-12/h1-9,13H,10-11H2. The van der Waals surface area contributed by atoms with E-state index in [4.69, 9.17) is 0 Å². The first kappa shape index (κ1) is 11.1. The minimum Gasteiger partial charge on any atom is -0.347 e. The first-order valence-electron chi connectivity index (χ1n) is 5.86. The van der Waals surface area contributed by atoms with Gasteiger partial charge < -0.3 is 4.57 Å². The van der Waals surface area contributed by atoms with Gasteiger partial charge in [0, 0.05) is 28.8 Å². The highest BCUT2D eigenvalue weighted by atomic mass is 127. The fourth-order valence-electron chi connectivity index (χ4n) is 2.42. The van der Waals surface area contributed by atoms with Gasteiger partial charge in [0.1, 0.15) is 0 Å². The summed E-state index contributed by atoms with van der Waals surface area (Å²) >= 11 is 2.49. The quantitative estimate of drug-likeness (QED) is 0.575. The number of allylic oxidation sites excluding steroid dienone is 1. The van der Waals surface area contributed by atoms with Gasteiger partial charge in [-0.05, 0) is 29.3 Å². The first-order valence-corrected chi connectivity index (χ1v) is 7.39. The summed E-state index contributed by atoms with van der Waals surface area (Å²) in [6, 6.07) is 15.1. The fraction of sp³-hybridized carbons (Fsp3) is 0.200. The molecule has 0 aliphatic carbocycles. The summed E-state index contributed by atoms with van der Waals surface area (Å²) in [5, 5.41) is 0. The number of hydrogen-bond acceptors (Lipinski definition) is 0. The molecule has 86 valence electrons. The van der Waals surface area contributed by atoms with Crippen molar-refractivity contribution in [2.75, 3.05) is 4.43 Å². The summed E-state index contributed by atoms with van der Waals surface area (Å²) in [7, 11) is 0. The van der Waals surface area contributed by atoms with Crippen molar-refractivity contribution in [3.05, 3.63) is 59.9 Å². The van der Waals surface area contributed by atoms with Crippen LogP contribution in [0, 0.1) is 5.92 Å². The van der Waals surface area contributed by atoms with Crippen molar-refractivity contribution >= 4 is 34.2 Å². The number of alkyl halides is 1. The molecule has 1 atom stereocenters. The van der Waals surface area contributed by atoms with E-state index in [9.17, 15) is 0 Å². The van der Waals surface area contributed by atoms with Crippen molar-refractivity contribution in [1.29, 1.82) is 0 Å². The van der Waals surface area contributed by atoms with Crippen LogP contribution >= 0.6 is 22.6 Å². The molecule has 0 N–H and O–H groups in total. The van der Waals surface area contributed by atoms with E-state index in [1.165, 1.54) is 16.8 Å². The molecule has 1 aliphatic heterocycles. The minimum absolute atomic E-state index is 0.623. The molecule has 17 heavy (non-hydrogen) atoms. The molecule has 0 amide bonds. The Hall–Kier alpha value is -1.03. The van der Waals surface area contributed by atoms with Crippen molar-refractivity contribution < 1.29 is 0 Å². The Morgan fingerprint density at radius 2 is 1.94 bits per heavy atom. The van der Waals surface area contributed by atoms with Crippen LogP contribution in [0.15, 0.2) is 48.7 Å². The molecular weight excluding hydrogens is 321 g/mol. The molecule has 0 saturated carbocycles. The van der Waals surface area contributed by atoms with Gasteiger partial charge in [-0.1, -0.05) is 52.9 Å². The molecule has 1 aliphatic rings. The van der Waals surface area contributed by atoms with Crippen molar-refractivity contribution in [2.45, 2.75) is 6.54 Å². The predicted octanol–water partition coefficient (Wildman–Crippen LogP) is 4.09. The van der Waals surface area contributed by atoms with Gasteiger partial charge in [0.25, 0.3) is 0 Å². The highest BCUT2D eigenvalue weighted by molar-refractivity contribution is 14.1. The molecule has 1 aromatic carbocycles. The molecule has 2 heterocycles. The molecule has 0 bridgehead atoms. The number of benzene rings is 1. The number of aromatic nitrogens is 1. The number of halogens is 1. The molecule has 2 aromatic rings. The number of hydrogen-bond donors (Lipinski definition) is 0. The van der Waals surface area contributed by atoms with Crippen molar-refractivity contribution in [3.8, 4) is 0 Å². The zero-order valence-corrected chi connectivity index (χ0v) is 11.7. The molecule has 0 spiro atoms. The zero-order valence-electron chi connectivity index (χ0n) is 9.51. The SMILES string of the molecule is ICC1Cn2cccc2C=C1c1ccccc1. The van der Waals surface area contributed by atoms with Crippen molar-refractivity contribution in [1.82, 2.24) is 4.57 Å². The van der Waals surface area contributed by atoms with E-state index in [0.717, 1.165) is 11.0 Å². The third kappa shape index (κ3) is 2.06. The lowest BCUT2D eigenvalue weighted by Crippen LogP contribution is -2.18. The Balaban J connectivity index is 2.08. The number of nitrogens with zero attached hydrogens (tertiary/aromatic N) is 1. The van der Waals surface area contributed by atoms with Crippen LogP contribution in [0.25, 0.3) is 11.6 Å². The number of fused-ring (bicyclic) bond motifs is 1. The molecule has 2 heteroatoms. The van der Waals surface area contributed by atoms with Gasteiger partial charge in [0.05, 0.1) is 0 Å². The Bertz CT molecular complexity index is 539. The van der Waals surface area contributed by atoms with Gasteiger partial charge in [-0.2, -0.15) is 0 Å². The maximum atomic E-state index is 2.49. The summed E-state index contributed by atoms with van der Waals surface area (Å²) in [6.45, 7) is 1.10. The Labute approximate surface area is 115 Å². The molecule has 0 saturated heterocycles. The van der Waals surface area contributed by atoms with E-state index in [1.807, 2.05) is 0 Å². The third-order valence-corrected chi connectivity index (χ3v) is 4.38. The highest BCUT2D eigenvalue weighted by Crippen LogP contribution is 2.33. The van der Waals surface area contributed by atoms with Crippen LogP contribution in [-0.4, -0.2) is 8.99 Å². The normalized spacial score (nSPS) is 18.6. The van der Waals surface area contributed by atoms with Crippen LogP contribution in [0.5, 0.6) is 0 Å². The summed E-state index contributed by atoms with van der Waals surface area (Å²) < 4.78 is 3.51.